The fourth-order valence-corrected chi connectivity index (χ4v) is 2.67. The summed E-state index contributed by atoms with van der Waals surface area (Å²) in [6.45, 7) is 0.642. The van der Waals surface area contributed by atoms with Crippen molar-refractivity contribution in [2.45, 2.75) is 17.5 Å². The second kappa shape index (κ2) is 7.71. The summed E-state index contributed by atoms with van der Waals surface area (Å²) in [5.41, 5.74) is 2.07. The molecule has 0 aromatic heterocycles. The van der Waals surface area contributed by atoms with Gasteiger partial charge in [0.05, 0.1) is 12.6 Å². The lowest BCUT2D eigenvalue weighted by Crippen LogP contribution is -2.23. The van der Waals surface area contributed by atoms with E-state index >= 15 is 0 Å². The summed E-state index contributed by atoms with van der Waals surface area (Å²) < 4.78 is 11.3. The monoisotopic (exact) mass is 323 g/mol. The van der Waals surface area contributed by atoms with E-state index in [1.54, 1.807) is 6.26 Å². The van der Waals surface area contributed by atoms with Gasteiger partial charge in [0.1, 0.15) is 0 Å². The fraction of sp³-hybridized carbons (Fsp3) is 0.250. The predicted octanol–water partition coefficient (Wildman–Crippen LogP) is 2.90. The molecule has 2 unspecified atom stereocenters. The maximum absolute atomic E-state index is 11.3. The van der Waals surface area contributed by atoms with E-state index in [0.29, 0.717) is 11.6 Å². The highest BCUT2D eigenvalue weighted by Crippen LogP contribution is 2.17. The smallest absolute Gasteiger partial charge is 0.0626 e. The predicted molar refractivity (Wildman–Crippen MR) is 86.9 cm³/mol. The van der Waals surface area contributed by atoms with Crippen molar-refractivity contribution < 1.29 is 9.32 Å². The first-order chi connectivity index (χ1) is 10.1. The van der Waals surface area contributed by atoms with E-state index in [1.807, 2.05) is 48.5 Å². The number of hydrogen-bond acceptors (Lipinski definition) is 3. The Kier molecular flexibility index (Phi) is 5.94. The number of hydrogen-bond donors (Lipinski definition) is 2. The summed E-state index contributed by atoms with van der Waals surface area (Å²) in [5.74, 6) is 0. The first-order valence-electron chi connectivity index (χ1n) is 6.62. The molecule has 0 radical (unpaired) electrons. The van der Waals surface area contributed by atoms with Crippen LogP contribution >= 0.6 is 11.6 Å². The minimum Gasteiger partial charge on any atom is -0.394 e. The van der Waals surface area contributed by atoms with Crippen LogP contribution in [0.4, 0.5) is 0 Å². The van der Waals surface area contributed by atoms with Crippen LogP contribution in [0, 0.1) is 0 Å². The molecule has 0 spiro atoms. The Bertz CT molecular complexity index is 599. The van der Waals surface area contributed by atoms with Crippen molar-refractivity contribution in [1.82, 2.24) is 5.32 Å². The standard InChI is InChI=1S/C16H18ClNO2S/c1-21(20)15-8-2-12(3-9-15)10-18-16(11-19)13-4-6-14(17)7-5-13/h2-9,16,18-19H,10-11H2,1H3. The first-order valence-corrected chi connectivity index (χ1v) is 8.56. The number of rotatable bonds is 6. The highest BCUT2D eigenvalue weighted by atomic mass is 35.5. The van der Waals surface area contributed by atoms with Gasteiger partial charge in [-0.15, -0.1) is 0 Å². The molecule has 0 fully saturated rings. The van der Waals surface area contributed by atoms with Crippen molar-refractivity contribution >= 4 is 22.4 Å². The van der Waals surface area contributed by atoms with E-state index in [9.17, 15) is 9.32 Å². The van der Waals surface area contributed by atoms with Gasteiger partial charge in [-0.05, 0) is 35.4 Å². The van der Waals surface area contributed by atoms with Crippen molar-refractivity contribution in [2.75, 3.05) is 12.9 Å². The lowest BCUT2D eigenvalue weighted by molar-refractivity contribution is 0.243. The quantitative estimate of drug-likeness (QED) is 0.859. The van der Waals surface area contributed by atoms with Gasteiger partial charge in [-0.25, -0.2) is 0 Å². The maximum Gasteiger partial charge on any atom is 0.0626 e. The fourth-order valence-electron chi connectivity index (χ4n) is 2.02. The van der Waals surface area contributed by atoms with E-state index in [0.717, 1.165) is 16.0 Å². The molecule has 3 nitrogen and oxygen atoms in total. The molecule has 2 rings (SSSR count). The molecule has 0 amide bonds. The Labute approximate surface area is 132 Å². The third-order valence-corrected chi connectivity index (χ3v) is 4.45. The number of aliphatic hydroxyl groups is 1. The second-order valence-corrected chi connectivity index (χ2v) is 6.58. The van der Waals surface area contributed by atoms with Crippen LogP contribution in [0.25, 0.3) is 0 Å². The van der Waals surface area contributed by atoms with Crippen LogP contribution in [-0.4, -0.2) is 22.2 Å². The molecule has 2 N–H and O–H groups in total. The van der Waals surface area contributed by atoms with Crippen LogP contribution in [0.2, 0.25) is 5.02 Å². The molecule has 5 heteroatoms. The van der Waals surface area contributed by atoms with Gasteiger partial charge in [0.2, 0.25) is 0 Å². The molecule has 0 saturated carbocycles. The van der Waals surface area contributed by atoms with Crippen molar-refractivity contribution in [2.24, 2.45) is 0 Å². The molecule has 0 heterocycles. The zero-order chi connectivity index (χ0) is 15.2. The average Bonchev–Trinajstić information content (AvgIpc) is 2.50. The van der Waals surface area contributed by atoms with Gasteiger partial charge in [0.15, 0.2) is 0 Å². The number of benzene rings is 2. The van der Waals surface area contributed by atoms with Crippen LogP contribution in [0.3, 0.4) is 0 Å². The lowest BCUT2D eigenvalue weighted by atomic mass is 10.1. The summed E-state index contributed by atoms with van der Waals surface area (Å²) in [6.07, 6.45) is 1.66. The van der Waals surface area contributed by atoms with Crippen molar-refractivity contribution in [3.8, 4) is 0 Å². The molecule has 0 saturated heterocycles. The molecule has 2 aromatic carbocycles. The summed E-state index contributed by atoms with van der Waals surface area (Å²) in [7, 11) is -0.956. The molecule has 0 aliphatic heterocycles. The average molecular weight is 324 g/mol. The normalized spacial score (nSPS) is 13.9. The van der Waals surface area contributed by atoms with Gasteiger partial charge in [-0.1, -0.05) is 35.9 Å². The van der Waals surface area contributed by atoms with Crippen molar-refractivity contribution in [1.29, 1.82) is 0 Å². The first kappa shape index (κ1) is 16.2. The van der Waals surface area contributed by atoms with Crippen LogP contribution in [0.5, 0.6) is 0 Å². The van der Waals surface area contributed by atoms with Crippen LogP contribution in [0.1, 0.15) is 17.2 Å². The maximum atomic E-state index is 11.3. The van der Waals surface area contributed by atoms with Gasteiger partial charge in [-0.3, -0.25) is 4.21 Å². The molecule has 0 aliphatic carbocycles. The summed E-state index contributed by atoms with van der Waals surface area (Å²) in [4.78, 5) is 0.815. The molecular weight excluding hydrogens is 306 g/mol. The Morgan fingerprint density at radius 3 is 2.29 bits per heavy atom. The van der Waals surface area contributed by atoms with Crippen LogP contribution in [-0.2, 0) is 17.3 Å². The van der Waals surface area contributed by atoms with Crippen molar-refractivity contribution in [3.05, 3.63) is 64.7 Å². The van der Waals surface area contributed by atoms with E-state index in [-0.39, 0.29) is 12.6 Å². The van der Waals surface area contributed by atoms with Gasteiger partial charge < -0.3 is 10.4 Å². The third-order valence-electron chi connectivity index (χ3n) is 3.26. The highest BCUT2D eigenvalue weighted by molar-refractivity contribution is 7.84. The zero-order valence-electron chi connectivity index (χ0n) is 11.8. The minimum atomic E-state index is -0.956. The van der Waals surface area contributed by atoms with Gasteiger partial charge in [0.25, 0.3) is 0 Å². The van der Waals surface area contributed by atoms with E-state index in [1.165, 1.54) is 0 Å². The largest absolute Gasteiger partial charge is 0.394 e. The Morgan fingerprint density at radius 1 is 1.14 bits per heavy atom. The van der Waals surface area contributed by atoms with Gasteiger partial charge in [0, 0.05) is 33.5 Å². The van der Waals surface area contributed by atoms with Gasteiger partial charge in [-0.2, -0.15) is 0 Å². The third kappa shape index (κ3) is 4.64. The molecular formula is C16H18ClNO2S. The van der Waals surface area contributed by atoms with E-state index in [2.05, 4.69) is 5.32 Å². The molecule has 21 heavy (non-hydrogen) atoms. The molecule has 2 atom stereocenters. The Morgan fingerprint density at radius 2 is 1.76 bits per heavy atom. The Balaban J connectivity index is 1.99. The highest BCUT2D eigenvalue weighted by Gasteiger charge is 2.09. The summed E-state index contributed by atoms with van der Waals surface area (Å²) >= 11 is 5.87. The molecule has 0 aliphatic rings. The zero-order valence-corrected chi connectivity index (χ0v) is 13.3. The number of nitrogens with one attached hydrogen (secondary N) is 1. The van der Waals surface area contributed by atoms with Crippen LogP contribution < -0.4 is 5.32 Å². The van der Waals surface area contributed by atoms with E-state index < -0.39 is 10.8 Å². The number of halogens is 1. The Hall–Kier alpha value is -1.20. The molecule has 0 bridgehead atoms. The number of aliphatic hydroxyl groups excluding tert-OH is 1. The topological polar surface area (TPSA) is 49.3 Å². The van der Waals surface area contributed by atoms with Gasteiger partial charge >= 0.3 is 0 Å². The van der Waals surface area contributed by atoms with Crippen molar-refractivity contribution in [3.63, 3.8) is 0 Å². The summed E-state index contributed by atoms with van der Waals surface area (Å²) in [6, 6.07) is 14.9. The second-order valence-electron chi connectivity index (χ2n) is 4.77. The SMILES string of the molecule is CS(=O)c1ccc(CNC(CO)c2ccc(Cl)cc2)cc1. The minimum absolute atomic E-state index is 0.0126. The van der Waals surface area contributed by atoms with Crippen LogP contribution in [0.15, 0.2) is 53.4 Å². The summed E-state index contributed by atoms with van der Waals surface area (Å²) in [5, 5.41) is 13.5. The lowest BCUT2D eigenvalue weighted by Gasteiger charge is -2.17. The molecule has 2 aromatic rings. The molecule has 112 valence electrons. The van der Waals surface area contributed by atoms with E-state index in [4.69, 9.17) is 11.6 Å².